The van der Waals surface area contributed by atoms with Crippen molar-refractivity contribution in [3.05, 3.63) is 39.7 Å². The number of non-ortho nitro benzene ring substituents is 1. The fourth-order valence-corrected chi connectivity index (χ4v) is 2.34. The van der Waals surface area contributed by atoms with E-state index in [1.54, 1.807) is 0 Å². The second-order valence-corrected chi connectivity index (χ2v) is 5.45. The average molecular weight is 302 g/mol. The highest BCUT2D eigenvalue weighted by atomic mass is 19.2. The van der Waals surface area contributed by atoms with Crippen molar-refractivity contribution in [1.29, 1.82) is 0 Å². The summed E-state index contributed by atoms with van der Waals surface area (Å²) in [7, 11) is 0. The summed E-state index contributed by atoms with van der Waals surface area (Å²) in [6, 6.07) is 2.60. The van der Waals surface area contributed by atoms with Gasteiger partial charge in [0.2, 0.25) is 0 Å². The number of amides is 1. The van der Waals surface area contributed by atoms with Crippen LogP contribution in [0.2, 0.25) is 0 Å². The maximum absolute atomic E-state index is 14.3. The number of hydrogen-bond donors (Lipinski definition) is 1. The number of alkyl halides is 2. The predicted octanol–water partition coefficient (Wildman–Crippen LogP) is 2.54. The molecule has 1 aliphatic rings. The molecule has 2 rings (SSSR count). The van der Waals surface area contributed by atoms with Crippen LogP contribution in [0, 0.1) is 15.9 Å². The van der Waals surface area contributed by atoms with Crippen molar-refractivity contribution < 1.29 is 22.9 Å². The van der Waals surface area contributed by atoms with E-state index in [0.29, 0.717) is 0 Å². The summed E-state index contributed by atoms with van der Waals surface area (Å²) >= 11 is 0. The van der Waals surface area contributed by atoms with Crippen LogP contribution in [-0.4, -0.2) is 22.7 Å². The Kier molecular flexibility index (Phi) is 3.43. The molecule has 1 aromatic carbocycles. The van der Waals surface area contributed by atoms with Crippen molar-refractivity contribution in [3.8, 4) is 0 Å². The highest BCUT2D eigenvalue weighted by molar-refractivity contribution is 5.86. The predicted molar refractivity (Wildman–Crippen MR) is 67.6 cm³/mol. The summed E-state index contributed by atoms with van der Waals surface area (Å²) in [4.78, 5) is 21.7. The first-order valence-electron chi connectivity index (χ1n) is 6.18. The number of nitrogens with zero attached hydrogens (tertiary/aromatic N) is 1. The molecule has 1 fully saturated rings. The smallest absolute Gasteiger partial charge is 0.270 e. The van der Waals surface area contributed by atoms with Gasteiger partial charge in [0.15, 0.2) is 5.67 Å². The Balaban J connectivity index is 2.52. The second-order valence-electron chi connectivity index (χ2n) is 5.45. The number of halogens is 3. The molecule has 8 heteroatoms. The Morgan fingerprint density at radius 3 is 2.62 bits per heavy atom. The second kappa shape index (κ2) is 4.71. The monoisotopic (exact) mass is 302 g/mol. The van der Waals surface area contributed by atoms with Gasteiger partial charge in [-0.15, -0.1) is 0 Å². The summed E-state index contributed by atoms with van der Waals surface area (Å²) in [6.07, 6.45) is -2.68. The quantitative estimate of drug-likeness (QED) is 0.674. The van der Waals surface area contributed by atoms with Gasteiger partial charge in [-0.1, -0.05) is 0 Å². The van der Waals surface area contributed by atoms with Crippen molar-refractivity contribution in [2.45, 2.75) is 37.6 Å². The van der Waals surface area contributed by atoms with E-state index in [4.69, 9.17) is 0 Å². The Hall–Kier alpha value is -2.12. The fraction of sp³-hybridized carbons (Fsp3) is 0.462. The molecule has 114 valence electrons. The number of nitrogens with one attached hydrogen (secondary N) is 1. The number of rotatable bonds is 2. The molecule has 1 aliphatic heterocycles. The molecule has 0 aliphatic carbocycles. The number of carbonyl (C=O) groups excluding carboxylic acids is 1. The Bertz CT molecular complexity index is 621. The minimum Gasteiger partial charge on any atom is -0.341 e. The van der Waals surface area contributed by atoms with E-state index in [-0.39, 0.29) is 5.56 Å². The molecular formula is C13H13F3N2O3. The standard InChI is InChI=1S/C13H13F3N2O3/c1-12(16)6-10(15)13(2,17-11(12)19)8-5-7(18(20)21)3-4-9(8)14/h3-5,10H,6H2,1-2H3,(H,17,19)/t10-,12+,13+/m0/s1. The van der Waals surface area contributed by atoms with E-state index in [0.717, 1.165) is 25.1 Å². The first-order chi connectivity index (χ1) is 9.58. The SMILES string of the molecule is C[C@@]1(F)C[C@H](F)[C@@](C)(c2cc([N+](=O)[O-])ccc2F)NC1=O. The zero-order valence-electron chi connectivity index (χ0n) is 11.3. The third-order valence-electron chi connectivity index (χ3n) is 3.76. The lowest BCUT2D eigenvalue weighted by atomic mass is 9.77. The number of benzene rings is 1. The van der Waals surface area contributed by atoms with E-state index in [1.807, 2.05) is 0 Å². The summed E-state index contributed by atoms with van der Waals surface area (Å²) in [5, 5.41) is 12.8. The number of nitro groups is 1. The van der Waals surface area contributed by atoms with Gasteiger partial charge in [0.1, 0.15) is 12.0 Å². The zero-order valence-corrected chi connectivity index (χ0v) is 11.3. The van der Waals surface area contributed by atoms with Crippen LogP contribution in [0.5, 0.6) is 0 Å². The minimum atomic E-state index is -2.41. The molecule has 1 saturated heterocycles. The van der Waals surface area contributed by atoms with Crippen molar-refractivity contribution in [1.82, 2.24) is 5.32 Å². The van der Waals surface area contributed by atoms with Crippen molar-refractivity contribution in [2.75, 3.05) is 0 Å². The lowest BCUT2D eigenvalue weighted by Gasteiger charge is -2.42. The maximum atomic E-state index is 14.3. The first kappa shape index (κ1) is 15.3. The molecule has 3 atom stereocenters. The number of hydrogen-bond acceptors (Lipinski definition) is 3. The molecule has 1 aromatic rings. The van der Waals surface area contributed by atoms with E-state index in [1.165, 1.54) is 6.92 Å². The molecule has 5 nitrogen and oxygen atoms in total. The normalized spacial score (nSPS) is 32.6. The fourth-order valence-electron chi connectivity index (χ4n) is 2.34. The van der Waals surface area contributed by atoms with Crippen molar-refractivity contribution in [2.24, 2.45) is 0 Å². The van der Waals surface area contributed by atoms with Crippen LogP contribution >= 0.6 is 0 Å². The number of carbonyl (C=O) groups is 1. The number of piperidine rings is 1. The lowest BCUT2D eigenvalue weighted by Crippen LogP contribution is -2.62. The van der Waals surface area contributed by atoms with Crippen LogP contribution in [0.4, 0.5) is 18.9 Å². The highest BCUT2D eigenvalue weighted by Gasteiger charge is 2.52. The molecule has 1 N–H and O–H groups in total. The topological polar surface area (TPSA) is 72.2 Å². The molecule has 0 spiro atoms. The molecule has 0 aromatic heterocycles. The highest BCUT2D eigenvalue weighted by Crippen LogP contribution is 2.40. The molecule has 0 unspecified atom stereocenters. The van der Waals surface area contributed by atoms with Gasteiger partial charge in [-0.05, 0) is 19.9 Å². The minimum absolute atomic E-state index is 0.381. The first-order valence-corrected chi connectivity index (χ1v) is 6.18. The van der Waals surface area contributed by atoms with Gasteiger partial charge in [0.05, 0.1) is 10.5 Å². The molecule has 0 saturated carbocycles. The summed E-state index contributed by atoms with van der Waals surface area (Å²) in [5.41, 5.74) is -5.09. The third-order valence-corrected chi connectivity index (χ3v) is 3.76. The summed E-state index contributed by atoms with van der Waals surface area (Å²) in [6.45, 7) is 2.10. The van der Waals surface area contributed by atoms with Gasteiger partial charge in [-0.25, -0.2) is 13.2 Å². The van der Waals surface area contributed by atoms with Crippen LogP contribution in [0.15, 0.2) is 18.2 Å². The molecule has 0 bridgehead atoms. The lowest BCUT2D eigenvalue weighted by molar-refractivity contribution is -0.385. The third kappa shape index (κ3) is 2.45. The largest absolute Gasteiger partial charge is 0.341 e. The molecule has 1 amide bonds. The van der Waals surface area contributed by atoms with E-state index in [2.05, 4.69) is 5.32 Å². The Morgan fingerprint density at radius 1 is 1.43 bits per heavy atom. The van der Waals surface area contributed by atoms with Crippen LogP contribution in [0.25, 0.3) is 0 Å². The van der Waals surface area contributed by atoms with Crippen LogP contribution in [-0.2, 0) is 10.3 Å². The van der Waals surface area contributed by atoms with E-state index < -0.39 is 46.1 Å². The molecular weight excluding hydrogens is 289 g/mol. The van der Waals surface area contributed by atoms with Gasteiger partial charge < -0.3 is 5.32 Å². The van der Waals surface area contributed by atoms with Gasteiger partial charge in [-0.3, -0.25) is 14.9 Å². The van der Waals surface area contributed by atoms with Gasteiger partial charge in [0, 0.05) is 24.1 Å². The van der Waals surface area contributed by atoms with Gasteiger partial charge in [-0.2, -0.15) is 0 Å². The van der Waals surface area contributed by atoms with E-state index >= 15 is 0 Å². The van der Waals surface area contributed by atoms with Crippen LogP contribution in [0.3, 0.4) is 0 Å². The van der Waals surface area contributed by atoms with Crippen LogP contribution < -0.4 is 5.32 Å². The van der Waals surface area contributed by atoms with Gasteiger partial charge >= 0.3 is 0 Å². The zero-order chi connectivity index (χ0) is 16.0. The van der Waals surface area contributed by atoms with Crippen molar-refractivity contribution in [3.63, 3.8) is 0 Å². The molecule has 1 heterocycles. The summed E-state index contributed by atoms with van der Waals surface area (Å²) in [5.74, 6) is -1.99. The van der Waals surface area contributed by atoms with E-state index in [9.17, 15) is 28.1 Å². The average Bonchev–Trinajstić information content (AvgIpc) is 2.36. The Labute approximate surface area is 118 Å². The Morgan fingerprint density at radius 2 is 2.05 bits per heavy atom. The summed E-state index contributed by atoms with van der Waals surface area (Å²) < 4.78 is 42.1. The van der Waals surface area contributed by atoms with Gasteiger partial charge in [0.25, 0.3) is 11.6 Å². The number of nitro benzene ring substituents is 1. The van der Waals surface area contributed by atoms with Crippen LogP contribution in [0.1, 0.15) is 25.8 Å². The van der Waals surface area contributed by atoms with Crippen molar-refractivity contribution >= 4 is 11.6 Å². The molecule has 0 radical (unpaired) electrons. The molecule has 21 heavy (non-hydrogen) atoms. The maximum Gasteiger partial charge on any atom is 0.270 e.